The zero-order valence-electron chi connectivity index (χ0n) is 11.4. The topological polar surface area (TPSA) is 29.1 Å². The molecule has 1 aliphatic rings. The van der Waals surface area contributed by atoms with Gasteiger partial charge < -0.3 is 5.32 Å². The molecule has 1 atom stereocenters. The third-order valence-electron chi connectivity index (χ3n) is 3.30. The molecule has 1 rings (SSSR count). The Balaban J connectivity index is 2.14. The molecule has 0 heterocycles. The van der Waals surface area contributed by atoms with E-state index in [1.807, 2.05) is 0 Å². The molecule has 1 unspecified atom stereocenters. The molecule has 1 amide bonds. The lowest BCUT2D eigenvalue weighted by atomic mass is 9.90. The van der Waals surface area contributed by atoms with Crippen molar-refractivity contribution in [2.75, 3.05) is 6.54 Å². The van der Waals surface area contributed by atoms with E-state index in [2.05, 4.69) is 42.0 Å². The van der Waals surface area contributed by atoms with Gasteiger partial charge in [0.05, 0.1) is 0 Å². The van der Waals surface area contributed by atoms with Crippen molar-refractivity contribution in [3.8, 4) is 0 Å². The van der Waals surface area contributed by atoms with E-state index in [9.17, 15) is 4.79 Å². The van der Waals surface area contributed by atoms with Crippen molar-refractivity contribution in [3.05, 3.63) is 0 Å². The lowest BCUT2D eigenvalue weighted by Gasteiger charge is -2.22. The lowest BCUT2D eigenvalue weighted by molar-refractivity contribution is -0.121. The van der Waals surface area contributed by atoms with E-state index in [-0.39, 0.29) is 5.91 Å². The van der Waals surface area contributed by atoms with Gasteiger partial charge >= 0.3 is 0 Å². The summed E-state index contributed by atoms with van der Waals surface area (Å²) in [4.78, 5) is 12.1. The molecule has 0 spiro atoms. The number of hydrogen-bond acceptors (Lipinski definition) is 1. The first-order chi connectivity index (χ1) is 7.87. The van der Waals surface area contributed by atoms with Gasteiger partial charge in [-0.1, -0.05) is 49.5 Å². The summed E-state index contributed by atoms with van der Waals surface area (Å²) < 4.78 is 0. The summed E-state index contributed by atoms with van der Waals surface area (Å²) in [7, 11) is 0. The van der Waals surface area contributed by atoms with Crippen LogP contribution in [0.2, 0.25) is 0 Å². The van der Waals surface area contributed by atoms with Crippen molar-refractivity contribution in [1.29, 1.82) is 0 Å². The highest BCUT2D eigenvalue weighted by Crippen LogP contribution is 2.27. The Bertz CT molecular complexity index is 241. The molecule has 0 saturated heterocycles. The van der Waals surface area contributed by atoms with E-state index in [1.165, 1.54) is 25.7 Å². The molecule has 0 aromatic rings. The van der Waals surface area contributed by atoms with Gasteiger partial charge in [0.2, 0.25) is 5.91 Å². The maximum atomic E-state index is 11.7. The van der Waals surface area contributed by atoms with Crippen LogP contribution in [0.15, 0.2) is 0 Å². The van der Waals surface area contributed by atoms with Gasteiger partial charge in [-0.25, -0.2) is 0 Å². The highest BCUT2D eigenvalue weighted by molar-refractivity contribution is 9.09. The first kappa shape index (κ1) is 15.0. The molecular weight excluding hydrogens is 278 g/mol. The van der Waals surface area contributed by atoms with Crippen molar-refractivity contribution in [3.63, 3.8) is 0 Å². The van der Waals surface area contributed by atoms with Crippen LogP contribution in [0.5, 0.6) is 0 Å². The Hall–Kier alpha value is -0.0500. The normalized spacial score (nSPS) is 19.3. The van der Waals surface area contributed by atoms with Crippen LogP contribution in [-0.2, 0) is 4.79 Å². The highest BCUT2D eigenvalue weighted by atomic mass is 79.9. The molecule has 0 bridgehead atoms. The second-order valence-corrected chi connectivity index (χ2v) is 7.82. The zero-order valence-corrected chi connectivity index (χ0v) is 13.0. The molecule has 0 aromatic carbocycles. The maximum Gasteiger partial charge on any atom is 0.220 e. The average molecular weight is 304 g/mol. The number of carbonyl (C=O) groups excluding carboxylic acids is 1. The van der Waals surface area contributed by atoms with Crippen LogP contribution in [0.3, 0.4) is 0 Å². The average Bonchev–Trinajstić information content (AvgIpc) is 2.64. The van der Waals surface area contributed by atoms with Gasteiger partial charge in [0, 0.05) is 17.8 Å². The third-order valence-corrected chi connectivity index (χ3v) is 3.95. The second-order valence-electron chi connectivity index (χ2n) is 6.52. The van der Waals surface area contributed by atoms with Gasteiger partial charge in [0.25, 0.3) is 0 Å². The van der Waals surface area contributed by atoms with Gasteiger partial charge in [-0.15, -0.1) is 0 Å². The van der Waals surface area contributed by atoms with Gasteiger partial charge in [0.15, 0.2) is 0 Å². The van der Waals surface area contributed by atoms with Crippen molar-refractivity contribution in [2.45, 2.75) is 64.1 Å². The molecule has 1 saturated carbocycles. The van der Waals surface area contributed by atoms with E-state index < -0.39 is 0 Å². The summed E-state index contributed by atoms with van der Waals surface area (Å²) >= 11 is 3.64. The number of nitrogens with one attached hydrogen (secondary N) is 1. The SMILES string of the molecule is CC(C)(C)CC(Br)CNC(=O)CC1CCCC1. The standard InChI is InChI=1S/C14H26BrNO/c1-14(2,3)9-12(15)10-16-13(17)8-11-6-4-5-7-11/h11-12H,4-10H2,1-3H3,(H,16,17). The molecule has 0 radical (unpaired) electrons. The minimum Gasteiger partial charge on any atom is -0.355 e. The molecule has 2 nitrogen and oxygen atoms in total. The Kier molecular flexibility index (Phi) is 5.98. The number of rotatable bonds is 5. The van der Waals surface area contributed by atoms with Gasteiger partial charge in [-0.05, 0) is 30.6 Å². The van der Waals surface area contributed by atoms with Crippen LogP contribution < -0.4 is 5.32 Å². The molecular formula is C14H26BrNO. The molecule has 3 heteroatoms. The molecule has 1 aliphatic carbocycles. The fourth-order valence-corrected chi connectivity index (χ4v) is 3.64. The van der Waals surface area contributed by atoms with E-state index in [1.54, 1.807) is 0 Å². The minimum absolute atomic E-state index is 0.232. The second kappa shape index (κ2) is 6.77. The smallest absolute Gasteiger partial charge is 0.220 e. The quantitative estimate of drug-likeness (QED) is 0.767. The van der Waals surface area contributed by atoms with E-state index in [4.69, 9.17) is 0 Å². The predicted octanol–water partition coefficient (Wildman–Crippen LogP) is 3.88. The predicted molar refractivity (Wildman–Crippen MR) is 76.4 cm³/mol. The van der Waals surface area contributed by atoms with Crippen molar-refractivity contribution < 1.29 is 4.79 Å². The monoisotopic (exact) mass is 303 g/mol. The summed E-state index contributed by atoms with van der Waals surface area (Å²) in [6.45, 7) is 7.42. The van der Waals surface area contributed by atoms with E-state index in [0.717, 1.165) is 19.4 Å². The van der Waals surface area contributed by atoms with E-state index in [0.29, 0.717) is 16.2 Å². The number of halogens is 1. The minimum atomic E-state index is 0.232. The summed E-state index contributed by atoms with van der Waals surface area (Å²) in [5, 5.41) is 3.05. The van der Waals surface area contributed by atoms with Crippen LogP contribution in [0, 0.1) is 11.3 Å². The summed E-state index contributed by atoms with van der Waals surface area (Å²) in [6.07, 6.45) is 6.92. The molecule has 1 fully saturated rings. The number of carbonyl (C=O) groups is 1. The zero-order chi connectivity index (χ0) is 12.9. The first-order valence-electron chi connectivity index (χ1n) is 6.77. The fraction of sp³-hybridized carbons (Fsp3) is 0.929. The Morgan fingerprint density at radius 1 is 1.35 bits per heavy atom. The Morgan fingerprint density at radius 3 is 2.47 bits per heavy atom. The van der Waals surface area contributed by atoms with Crippen molar-refractivity contribution in [1.82, 2.24) is 5.32 Å². The Morgan fingerprint density at radius 2 is 1.94 bits per heavy atom. The van der Waals surface area contributed by atoms with E-state index >= 15 is 0 Å². The van der Waals surface area contributed by atoms with Crippen LogP contribution in [-0.4, -0.2) is 17.3 Å². The number of hydrogen-bond donors (Lipinski definition) is 1. The molecule has 1 N–H and O–H groups in total. The van der Waals surface area contributed by atoms with Crippen LogP contribution in [0.1, 0.15) is 59.3 Å². The van der Waals surface area contributed by atoms with Crippen LogP contribution in [0.4, 0.5) is 0 Å². The van der Waals surface area contributed by atoms with Gasteiger partial charge in [0.1, 0.15) is 0 Å². The van der Waals surface area contributed by atoms with Crippen molar-refractivity contribution >= 4 is 21.8 Å². The van der Waals surface area contributed by atoms with Crippen LogP contribution >= 0.6 is 15.9 Å². The van der Waals surface area contributed by atoms with Crippen molar-refractivity contribution in [2.24, 2.45) is 11.3 Å². The number of alkyl halides is 1. The summed E-state index contributed by atoms with van der Waals surface area (Å²) in [5.41, 5.74) is 0.310. The van der Waals surface area contributed by atoms with Crippen LogP contribution in [0.25, 0.3) is 0 Å². The fourth-order valence-electron chi connectivity index (χ4n) is 2.51. The van der Waals surface area contributed by atoms with Gasteiger partial charge in [-0.2, -0.15) is 0 Å². The highest BCUT2D eigenvalue weighted by Gasteiger charge is 2.20. The van der Waals surface area contributed by atoms with Gasteiger partial charge in [-0.3, -0.25) is 4.79 Å². The molecule has 100 valence electrons. The lowest BCUT2D eigenvalue weighted by Crippen LogP contribution is -2.32. The Labute approximate surface area is 114 Å². The molecule has 17 heavy (non-hydrogen) atoms. The summed E-state index contributed by atoms with van der Waals surface area (Å²) in [5.74, 6) is 0.877. The third kappa shape index (κ3) is 7.07. The first-order valence-corrected chi connectivity index (χ1v) is 7.69. The largest absolute Gasteiger partial charge is 0.355 e. The maximum absolute atomic E-state index is 11.7. The molecule has 0 aromatic heterocycles. The number of amides is 1. The summed E-state index contributed by atoms with van der Waals surface area (Å²) in [6, 6.07) is 0. The molecule has 0 aliphatic heterocycles.